The number of aromatic nitrogens is 2. The molecule has 3 rings (SSSR count). The second kappa shape index (κ2) is 5.79. The Morgan fingerprint density at radius 3 is 2.90 bits per heavy atom. The zero-order chi connectivity index (χ0) is 13.9. The monoisotopic (exact) mass is 289 g/mol. The maximum Gasteiger partial charge on any atom is 0.205 e. The van der Waals surface area contributed by atoms with Crippen LogP contribution >= 0.6 is 11.3 Å². The zero-order valence-electron chi connectivity index (χ0n) is 11.8. The summed E-state index contributed by atoms with van der Waals surface area (Å²) in [6.45, 7) is 2.10. The molecular weight excluding hydrogens is 270 g/mol. The minimum Gasteiger partial charge on any atom is -0.497 e. The summed E-state index contributed by atoms with van der Waals surface area (Å²) in [7, 11) is 1.71. The fourth-order valence-corrected chi connectivity index (χ4v) is 3.29. The van der Waals surface area contributed by atoms with Crippen LogP contribution in [0.15, 0.2) is 24.3 Å². The van der Waals surface area contributed by atoms with Crippen LogP contribution in [-0.4, -0.2) is 23.3 Å². The highest BCUT2D eigenvalue weighted by molar-refractivity contribution is 7.15. The Bertz CT molecular complexity index is 578. The number of anilines is 1. The Morgan fingerprint density at radius 1 is 1.35 bits per heavy atom. The van der Waals surface area contributed by atoms with Crippen LogP contribution in [0.3, 0.4) is 0 Å². The highest BCUT2D eigenvalue weighted by atomic mass is 32.1. The van der Waals surface area contributed by atoms with Crippen molar-refractivity contribution in [2.45, 2.75) is 38.1 Å². The zero-order valence-corrected chi connectivity index (χ0v) is 12.6. The van der Waals surface area contributed by atoms with Crippen molar-refractivity contribution >= 4 is 16.5 Å². The van der Waals surface area contributed by atoms with Crippen molar-refractivity contribution < 1.29 is 4.74 Å². The maximum absolute atomic E-state index is 5.28. The molecule has 0 amide bonds. The quantitative estimate of drug-likeness (QED) is 0.915. The molecule has 1 aromatic carbocycles. The largest absolute Gasteiger partial charge is 0.497 e. The molecule has 0 radical (unpaired) electrons. The normalized spacial score (nSPS) is 21.3. The van der Waals surface area contributed by atoms with Gasteiger partial charge in [-0.15, -0.1) is 10.2 Å². The third-order valence-electron chi connectivity index (χ3n) is 3.80. The SMILES string of the molecule is CCc1nnc(NC2CC(c3cccc(OC)c3)C2)s1. The lowest BCUT2D eigenvalue weighted by Gasteiger charge is -2.36. The van der Waals surface area contributed by atoms with E-state index in [1.165, 1.54) is 5.56 Å². The van der Waals surface area contributed by atoms with Gasteiger partial charge in [0, 0.05) is 6.04 Å². The number of methoxy groups -OCH3 is 1. The molecule has 0 aliphatic heterocycles. The summed E-state index contributed by atoms with van der Waals surface area (Å²) < 4.78 is 5.28. The molecule has 1 fully saturated rings. The average molecular weight is 289 g/mol. The van der Waals surface area contributed by atoms with E-state index in [0.29, 0.717) is 12.0 Å². The first kappa shape index (κ1) is 13.4. The van der Waals surface area contributed by atoms with Crippen LogP contribution < -0.4 is 10.1 Å². The lowest BCUT2D eigenvalue weighted by molar-refractivity contribution is 0.370. The minimum atomic E-state index is 0.517. The summed E-state index contributed by atoms with van der Waals surface area (Å²) in [5.74, 6) is 1.57. The lowest BCUT2D eigenvalue weighted by atomic mass is 9.76. The first-order chi connectivity index (χ1) is 9.78. The molecule has 0 unspecified atom stereocenters. The van der Waals surface area contributed by atoms with Crippen LogP contribution in [0.25, 0.3) is 0 Å². The molecule has 0 spiro atoms. The lowest BCUT2D eigenvalue weighted by Crippen LogP contribution is -2.33. The standard InChI is InChI=1S/C15H19N3OS/c1-3-14-17-18-15(20-14)16-12-7-11(8-12)10-5-4-6-13(9-10)19-2/h4-6,9,11-12H,3,7-8H2,1-2H3,(H,16,18). The van der Waals surface area contributed by atoms with Gasteiger partial charge in [-0.1, -0.05) is 30.4 Å². The van der Waals surface area contributed by atoms with E-state index in [0.717, 1.165) is 35.2 Å². The number of hydrogen-bond donors (Lipinski definition) is 1. The van der Waals surface area contributed by atoms with Crippen molar-refractivity contribution in [3.05, 3.63) is 34.8 Å². The van der Waals surface area contributed by atoms with Crippen molar-refractivity contribution in [1.82, 2.24) is 10.2 Å². The van der Waals surface area contributed by atoms with Gasteiger partial charge in [-0.05, 0) is 42.9 Å². The Kier molecular flexibility index (Phi) is 3.87. The molecule has 1 N–H and O–H groups in total. The topological polar surface area (TPSA) is 47.0 Å². The predicted molar refractivity (Wildman–Crippen MR) is 81.7 cm³/mol. The van der Waals surface area contributed by atoms with Gasteiger partial charge < -0.3 is 10.1 Å². The van der Waals surface area contributed by atoms with E-state index < -0.39 is 0 Å². The van der Waals surface area contributed by atoms with Gasteiger partial charge in [0.1, 0.15) is 10.8 Å². The molecule has 0 bridgehead atoms. The third-order valence-corrected chi connectivity index (χ3v) is 4.80. The number of benzene rings is 1. The van der Waals surface area contributed by atoms with E-state index in [2.05, 4.69) is 40.6 Å². The predicted octanol–water partition coefficient (Wildman–Crippen LogP) is 3.47. The van der Waals surface area contributed by atoms with Gasteiger partial charge in [-0.2, -0.15) is 0 Å². The summed E-state index contributed by atoms with van der Waals surface area (Å²) in [4.78, 5) is 0. The summed E-state index contributed by atoms with van der Waals surface area (Å²) >= 11 is 1.66. The molecule has 106 valence electrons. The van der Waals surface area contributed by atoms with Crippen LogP contribution in [0.1, 0.15) is 36.3 Å². The Morgan fingerprint density at radius 2 is 2.20 bits per heavy atom. The molecule has 1 aliphatic carbocycles. The molecule has 2 aromatic rings. The number of nitrogens with one attached hydrogen (secondary N) is 1. The van der Waals surface area contributed by atoms with E-state index in [1.54, 1.807) is 18.4 Å². The van der Waals surface area contributed by atoms with Gasteiger partial charge in [0.2, 0.25) is 5.13 Å². The van der Waals surface area contributed by atoms with Gasteiger partial charge in [0.05, 0.1) is 7.11 Å². The van der Waals surface area contributed by atoms with Crippen molar-refractivity contribution in [2.75, 3.05) is 12.4 Å². The first-order valence-electron chi connectivity index (χ1n) is 7.01. The van der Waals surface area contributed by atoms with E-state index >= 15 is 0 Å². The number of rotatable bonds is 5. The second-order valence-corrected chi connectivity index (χ2v) is 6.20. The third kappa shape index (κ3) is 2.77. The molecular formula is C15H19N3OS. The van der Waals surface area contributed by atoms with Gasteiger partial charge >= 0.3 is 0 Å². The first-order valence-corrected chi connectivity index (χ1v) is 7.83. The van der Waals surface area contributed by atoms with Gasteiger partial charge in [0.15, 0.2) is 0 Å². The summed E-state index contributed by atoms with van der Waals surface area (Å²) in [5, 5.41) is 13.8. The Hall–Kier alpha value is -1.62. The molecule has 0 saturated heterocycles. The fourth-order valence-electron chi connectivity index (χ4n) is 2.53. The van der Waals surface area contributed by atoms with Crippen molar-refractivity contribution in [1.29, 1.82) is 0 Å². The highest BCUT2D eigenvalue weighted by Gasteiger charge is 2.31. The summed E-state index contributed by atoms with van der Waals surface area (Å²) in [6.07, 6.45) is 3.25. The average Bonchev–Trinajstić information content (AvgIpc) is 2.90. The van der Waals surface area contributed by atoms with E-state index in [9.17, 15) is 0 Å². The van der Waals surface area contributed by atoms with Crippen LogP contribution in [0.5, 0.6) is 5.75 Å². The highest BCUT2D eigenvalue weighted by Crippen LogP contribution is 2.39. The molecule has 1 saturated carbocycles. The van der Waals surface area contributed by atoms with Gasteiger partial charge in [-0.25, -0.2) is 0 Å². The number of hydrogen-bond acceptors (Lipinski definition) is 5. The molecule has 20 heavy (non-hydrogen) atoms. The molecule has 1 aromatic heterocycles. The Labute approximate surface area is 123 Å². The number of nitrogens with zero attached hydrogens (tertiary/aromatic N) is 2. The van der Waals surface area contributed by atoms with E-state index in [4.69, 9.17) is 4.74 Å². The van der Waals surface area contributed by atoms with Gasteiger partial charge in [0.25, 0.3) is 0 Å². The molecule has 0 atom stereocenters. The van der Waals surface area contributed by atoms with E-state index in [1.807, 2.05) is 6.07 Å². The molecule has 4 nitrogen and oxygen atoms in total. The van der Waals surface area contributed by atoms with Crippen molar-refractivity contribution in [2.24, 2.45) is 0 Å². The maximum atomic E-state index is 5.28. The van der Waals surface area contributed by atoms with Gasteiger partial charge in [-0.3, -0.25) is 0 Å². The summed E-state index contributed by atoms with van der Waals surface area (Å²) in [5.41, 5.74) is 1.37. The minimum absolute atomic E-state index is 0.517. The van der Waals surface area contributed by atoms with Crippen LogP contribution in [0.4, 0.5) is 5.13 Å². The van der Waals surface area contributed by atoms with Crippen LogP contribution in [0, 0.1) is 0 Å². The van der Waals surface area contributed by atoms with Crippen LogP contribution in [0.2, 0.25) is 0 Å². The fraction of sp³-hybridized carbons (Fsp3) is 0.467. The number of aryl methyl sites for hydroxylation is 1. The smallest absolute Gasteiger partial charge is 0.205 e. The van der Waals surface area contributed by atoms with Crippen LogP contribution in [-0.2, 0) is 6.42 Å². The Balaban J connectivity index is 1.55. The second-order valence-electron chi connectivity index (χ2n) is 5.14. The molecule has 1 heterocycles. The molecule has 1 aliphatic rings. The number of ether oxygens (including phenoxy) is 1. The molecule has 5 heteroatoms. The summed E-state index contributed by atoms with van der Waals surface area (Å²) in [6, 6.07) is 8.90. The van der Waals surface area contributed by atoms with Crippen molar-refractivity contribution in [3.63, 3.8) is 0 Å². The van der Waals surface area contributed by atoms with E-state index in [-0.39, 0.29) is 0 Å². The van der Waals surface area contributed by atoms with Crippen molar-refractivity contribution in [3.8, 4) is 5.75 Å².